The molecular weight excluding hydrogens is 1080 g/mol. The summed E-state index contributed by atoms with van der Waals surface area (Å²) in [5, 5.41) is 2.74. The molecule has 3 amide bonds. The van der Waals surface area contributed by atoms with Crippen LogP contribution in [0.15, 0.2) is 67.3 Å². The van der Waals surface area contributed by atoms with E-state index in [2.05, 4.69) is 46.6 Å². The van der Waals surface area contributed by atoms with Gasteiger partial charge in [0, 0.05) is 34.1 Å². The van der Waals surface area contributed by atoms with Crippen molar-refractivity contribution < 1.29 is 55.0 Å². The van der Waals surface area contributed by atoms with Gasteiger partial charge in [-0.25, -0.2) is 40.7 Å². The molecule has 6 rings (SSSR count). The fraction of sp³-hybridized carbons (Fsp3) is 0.622. The Morgan fingerprint density at radius 2 is 1.09 bits per heavy atom. The van der Waals surface area contributed by atoms with Crippen molar-refractivity contribution in [2.75, 3.05) is 27.3 Å². The largest absolute Gasteiger partial charge is 0.467 e. The number of sulfonamides is 2. The van der Waals surface area contributed by atoms with Crippen molar-refractivity contribution in [1.82, 2.24) is 24.6 Å². The minimum absolute atomic E-state index is 0. The minimum atomic E-state index is -3.91. The Balaban J connectivity index is 0.000000298. The number of hydrogen-bond donors (Lipinski definition) is 4. The number of carbonyl (C=O) groups is 5. The highest BCUT2D eigenvalue weighted by Crippen LogP contribution is 2.32. The van der Waals surface area contributed by atoms with Gasteiger partial charge in [-0.05, 0) is 108 Å². The summed E-state index contributed by atoms with van der Waals surface area (Å²) < 4.78 is 73.2. The molecule has 68 heavy (non-hydrogen) atoms. The smallest absolute Gasteiger partial charge is 0.408 e. The number of amides is 3. The predicted molar refractivity (Wildman–Crippen MR) is 262 cm³/mol. The number of benzene rings is 2. The van der Waals surface area contributed by atoms with Crippen LogP contribution < -0.4 is 20.5 Å². The first-order chi connectivity index (χ1) is 31.5. The van der Waals surface area contributed by atoms with Crippen LogP contribution in [-0.2, 0) is 53.4 Å². The third-order valence-corrected chi connectivity index (χ3v) is 16.5. The Bertz CT molecular complexity index is 2310. The molecule has 2 aromatic carbocycles. The van der Waals surface area contributed by atoms with Gasteiger partial charge in [0.1, 0.15) is 23.7 Å². The van der Waals surface area contributed by atoms with E-state index in [1.807, 2.05) is 0 Å². The number of nitrogens with two attached hydrogens (primary N) is 1. The summed E-state index contributed by atoms with van der Waals surface area (Å²) >= 11 is 6.54. The number of ether oxygens (including phenoxy) is 3. The monoisotopic (exact) mass is 1140 g/mol. The molecule has 4 aliphatic rings. The lowest BCUT2D eigenvalue weighted by Crippen LogP contribution is -2.56. The second-order valence-electron chi connectivity index (χ2n) is 18.5. The van der Waals surface area contributed by atoms with E-state index in [1.165, 1.54) is 48.3 Å². The van der Waals surface area contributed by atoms with Crippen molar-refractivity contribution in [3.63, 3.8) is 0 Å². The fourth-order valence-corrected chi connectivity index (χ4v) is 12.9. The van der Waals surface area contributed by atoms with Gasteiger partial charge >= 0.3 is 18.0 Å². The van der Waals surface area contributed by atoms with Crippen LogP contribution in [0.3, 0.4) is 0 Å². The van der Waals surface area contributed by atoms with Gasteiger partial charge in [-0.2, -0.15) is 0 Å². The Morgan fingerprint density at radius 1 is 0.676 bits per heavy atom. The van der Waals surface area contributed by atoms with E-state index in [0.717, 1.165) is 64.2 Å². The Labute approximate surface area is 423 Å². The summed E-state index contributed by atoms with van der Waals surface area (Å²) in [6, 6.07) is 7.84. The van der Waals surface area contributed by atoms with Crippen LogP contribution >= 0.6 is 44.3 Å². The minimum Gasteiger partial charge on any atom is -0.467 e. The van der Waals surface area contributed by atoms with E-state index in [1.54, 1.807) is 45.0 Å². The number of rotatable bonds is 13. The lowest BCUT2D eigenvalue weighted by Gasteiger charge is -2.34. The van der Waals surface area contributed by atoms with Crippen molar-refractivity contribution in [2.24, 2.45) is 17.6 Å². The van der Waals surface area contributed by atoms with E-state index in [9.17, 15) is 40.8 Å². The van der Waals surface area contributed by atoms with Crippen LogP contribution in [-0.4, -0.2) is 126 Å². The maximum atomic E-state index is 13.9. The van der Waals surface area contributed by atoms with E-state index in [0.29, 0.717) is 8.95 Å². The molecule has 2 saturated carbocycles. The third-order valence-electron chi connectivity index (χ3n) is 12.5. The zero-order valence-electron chi connectivity index (χ0n) is 39.0. The maximum absolute atomic E-state index is 13.9. The lowest BCUT2D eigenvalue weighted by molar-refractivity contribution is -0.152. The van der Waals surface area contributed by atoms with Crippen LogP contribution in [0.1, 0.15) is 97.8 Å². The van der Waals surface area contributed by atoms with Crippen LogP contribution in [0.25, 0.3) is 0 Å². The second-order valence-corrected chi connectivity index (χ2v) is 23.8. The molecule has 380 valence electrons. The van der Waals surface area contributed by atoms with E-state index in [-0.39, 0.29) is 65.9 Å². The average Bonchev–Trinajstić information content (AvgIpc) is 3.91. The molecule has 2 aliphatic heterocycles. The number of hydrogen-bond acceptors (Lipinski definition) is 13. The van der Waals surface area contributed by atoms with Crippen molar-refractivity contribution in [3.8, 4) is 0 Å². The topological polar surface area (TPSA) is 250 Å². The van der Waals surface area contributed by atoms with Gasteiger partial charge in [0.2, 0.25) is 31.9 Å². The SMILES string of the molecule is COC(=O)[C@@H]1C[C@@H](NS(=O)(=O)c2cccc(Br)c2)CN1C(=O)[C@@H](N)C1CCCCC1.COC(=O)[C@@H]1C[C@@H](NS(=O)(=O)c2cccc(Br)c2)CN1C(=O)[C@@H](NC(=O)OC(C)(C)C)C1CCCCC1.Cl. The Morgan fingerprint density at radius 3 is 1.49 bits per heavy atom. The molecule has 0 spiro atoms. The molecule has 5 N–H and O–H groups in total. The Kier molecular flexibility index (Phi) is 21.1. The van der Waals surface area contributed by atoms with Crippen LogP contribution in [0.2, 0.25) is 0 Å². The number of methoxy groups -OCH3 is 2. The number of nitrogens with one attached hydrogen (secondary N) is 3. The molecule has 0 radical (unpaired) electrons. The molecule has 0 aromatic heterocycles. The zero-order valence-corrected chi connectivity index (χ0v) is 44.6. The molecular formula is C45H65Br2ClN6O12S2. The fourth-order valence-electron chi connectivity index (χ4n) is 9.24. The summed E-state index contributed by atoms with van der Waals surface area (Å²) in [5.74, 6) is -2.01. The highest BCUT2D eigenvalue weighted by molar-refractivity contribution is 9.10. The zero-order chi connectivity index (χ0) is 49.3. The molecule has 4 fully saturated rings. The van der Waals surface area contributed by atoms with Gasteiger partial charge in [-0.15, -0.1) is 12.4 Å². The van der Waals surface area contributed by atoms with E-state index < -0.39 is 85.8 Å². The standard InChI is InChI=1S/C25H36BrN3O7S.C20H28BrN3O5S.ClH/c1-25(2,3)36-24(32)27-21(16-9-6-5-7-10-16)22(30)29-15-18(14-20(29)23(31)35-4)28-37(33,34)19-12-8-11-17(26)13-19;1-29-20(26)17-11-15(23-30(27,28)16-9-5-8-14(21)10-16)12-24(17)19(25)18(22)13-6-3-2-4-7-13;/h8,11-13,16,18,20-21,28H,5-7,9-10,14-15H2,1-4H3,(H,27,32);5,8-10,13,15,17-18,23H,2-4,6-7,11-12,22H2,1H3;1H/t18-,20+,21+;15-,17+,18+;/m11./s1. The van der Waals surface area contributed by atoms with Gasteiger partial charge in [0.15, 0.2) is 0 Å². The lowest BCUT2D eigenvalue weighted by atomic mass is 9.83. The second kappa shape index (κ2) is 25.1. The van der Waals surface area contributed by atoms with E-state index in [4.69, 9.17) is 19.9 Å². The quantitative estimate of drug-likeness (QED) is 0.142. The molecule has 2 aromatic rings. The van der Waals surface area contributed by atoms with E-state index >= 15 is 0 Å². The normalized spacial score (nSPS) is 22.4. The highest BCUT2D eigenvalue weighted by Gasteiger charge is 2.47. The van der Waals surface area contributed by atoms with Gasteiger partial charge in [-0.1, -0.05) is 82.5 Å². The van der Waals surface area contributed by atoms with Crippen molar-refractivity contribution in [3.05, 3.63) is 57.5 Å². The number of carbonyl (C=O) groups excluding carboxylic acids is 5. The molecule has 6 atom stereocenters. The summed E-state index contributed by atoms with van der Waals surface area (Å²) in [4.78, 5) is 67.5. The summed E-state index contributed by atoms with van der Waals surface area (Å²) in [7, 11) is -5.25. The molecule has 23 heteroatoms. The first kappa shape index (κ1) is 57.2. The van der Waals surface area contributed by atoms with Crippen molar-refractivity contribution >= 4 is 94.2 Å². The molecule has 0 bridgehead atoms. The number of esters is 2. The molecule has 2 aliphatic carbocycles. The number of likely N-dealkylation sites (tertiary alicyclic amines) is 2. The van der Waals surface area contributed by atoms with Gasteiger partial charge in [0.25, 0.3) is 0 Å². The first-order valence-corrected chi connectivity index (χ1v) is 27.2. The number of alkyl carbamates (subject to hydrolysis) is 1. The predicted octanol–water partition coefficient (Wildman–Crippen LogP) is 5.54. The van der Waals surface area contributed by atoms with Crippen LogP contribution in [0, 0.1) is 11.8 Å². The highest BCUT2D eigenvalue weighted by atomic mass is 79.9. The van der Waals surface area contributed by atoms with Crippen molar-refractivity contribution in [1.29, 1.82) is 0 Å². The molecule has 2 saturated heterocycles. The third kappa shape index (κ3) is 15.6. The summed E-state index contributed by atoms with van der Waals surface area (Å²) in [5.41, 5.74) is 5.52. The summed E-state index contributed by atoms with van der Waals surface area (Å²) in [6.45, 7) is 5.25. The number of halogens is 3. The maximum Gasteiger partial charge on any atom is 0.408 e. The summed E-state index contributed by atoms with van der Waals surface area (Å²) in [6.07, 6.45) is 8.91. The molecule has 0 unspecified atom stereocenters. The van der Waals surface area contributed by atoms with Gasteiger partial charge in [-0.3, -0.25) is 9.59 Å². The van der Waals surface area contributed by atoms with Crippen LogP contribution in [0.5, 0.6) is 0 Å². The average molecular weight is 1140 g/mol. The first-order valence-electron chi connectivity index (χ1n) is 22.6. The van der Waals surface area contributed by atoms with Crippen LogP contribution in [0.4, 0.5) is 4.79 Å². The number of nitrogens with zero attached hydrogens (tertiary/aromatic N) is 2. The Hall–Kier alpha value is -3.38. The van der Waals surface area contributed by atoms with Gasteiger partial charge in [0.05, 0.1) is 30.1 Å². The van der Waals surface area contributed by atoms with Gasteiger partial charge < -0.3 is 35.1 Å². The molecule has 2 heterocycles. The van der Waals surface area contributed by atoms with Crippen molar-refractivity contribution in [2.45, 2.75) is 149 Å². The molecule has 18 nitrogen and oxygen atoms in total.